The van der Waals surface area contributed by atoms with Gasteiger partial charge in [-0.3, -0.25) is 4.79 Å². The first-order valence-electron chi connectivity index (χ1n) is 5.77. The molecule has 1 fully saturated rings. The summed E-state index contributed by atoms with van der Waals surface area (Å²) in [4.78, 5) is 13.6. The van der Waals surface area contributed by atoms with E-state index in [1.807, 2.05) is 18.9 Å². The Kier molecular flexibility index (Phi) is 3.58. The van der Waals surface area contributed by atoms with Crippen molar-refractivity contribution in [3.05, 3.63) is 5.89 Å². The summed E-state index contributed by atoms with van der Waals surface area (Å²) in [6, 6.07) is 0.212. The molecule has 1 aliphatic rings. The minimum Gasteiger partial charge on any atom is -0.407 e. The molecule has 1 amide bonds. The number of amides is 1. The van der Waals surface area contributed by atoms with Crippen molar-refractivity contribution in [3.63, 3.8) is 0 Å². The smallest absolute Gasteiger partial charge is 0.318 e. The molecule has 1 saturated heterocycles. The summed E-state index contributed by atoms with van der Waals surface area (Å²) in [7, 11) is 1.81. The molecule has 1 aromatic heterocycles. The minimum absolute atomic E-state index is 0.0205. The number of hydrogen-bond donors (Lipinski definition) is 2. The standard InChI is InChI=1S/C10H17N5O2/c1-3-7-9(16)12-4-5-15(7)10-14-13-8(17-10)6-11-2/h7,11H,3-6H2,1-2H3,(H,12,16). The summed E-state index contributed by atoms with van der Waals surface area (Å²) in [5.74, 6) is 0.551. The predicted molar refractivity (Wildman–Crippen MR) is 61.5 cm³/mol. The Morgan fingerprint density at radius 2 is 2.41 bits per heavy atom. The molecule has 2 heterocycles. The van der Waals surface area contributed by atoms with Crippen LogP contribution in [0.4, 0.5) is 6.01 Å². The van der Waals surface area contributed by atoms with E-state index in [9.17, 15) is 4.79 Å². The average Bonchev–Trinajstić information content (AvgIpc) is 2.78. The van der Waals surface area contributed by atoms with Gasteiger partial charge < -0.3 is 20.0 Å². The highest BCUT2D eigenvalue weighted by atomic mass is 16.4. The first kappa shape index (κ1) is 11.8. The molecule has 7 nitrogen and oxygen atoms in total. The predicted octanol–water partition coefficient (Wildman–Crippen LogP) is -0.496. The Hall–Kier alpha value is -1.63. The van der Waals surface area contributed by atoms with Gasteiger partial charge in [-0.15, -0.1) is 5.10 Å². The van der Waals surface area contributed by atoms with E-state index in [1.54, 1.807) is 0 Å². The lowest BCUT2D eigenvalue weighted by Crippen LogP contribution is -2.55. The number of piperazine rings is 1. The van der Waals surface area contributed by atoms with Crippen molar-refractivity contribution in [2.24, 2.45) is 0 Å². The average molecular weight is 239 g/mol. The van der Waals surface area contributed by atoms with Gasteiger partial charge in [0.2, 0.25) is 11.8 Å². The van der Waals surface area contributed by atoms with Gasteiger partial charge in [-0.05, 0) is 13.5 Å². The summed E-state index contributed by atoms with van der Waals surface area (Å²) in [5.41, 5.74) is 0. The van der Waals surface area contributed by atoms with E-state index >= 15 is 0 Å². The largest absolute Gasteiger partial charge is 0.407 e. The second-order valence-corrected chi connectivity index (χ2v) is 3.92. The molecule has 0 spiro atoms. The maximum atomic E-state index is 11.7. The quantitative estimate of drug-likeness (QED) is 0.737. The molecule has 7 heteroatoms. The molecule has 0 aromatic carbocycles. The van der Waals surface area contributed by atoms with Gasteiger partial charge in [0.15, 0.2) is 0 Å². The number of nitrogens with one attached hydrogen (secondary N) is 2. The summed E-state index contributed by atoms with van der Waals surface area (Å²) < 4.78 is 5.51. The van der Waals surface area contributed by atoms with Crippen LogP contribution >= 0.6 is 0 Å². The normalized spacial score (nSPS) is 20.5. The molecule has 1 atom stereocenters. The van der Waals surface area contributed by atoms with Crippen LogP contribution < -0.4 is 15.5 Å². The highest BCUT2D eigenvalue weighted by Gasteiger charge is 2.31. The summed E-state index contributed by atoms with van der Waals surface area (Å²) in [6.45, 7) is 3.81. The zero-order valence-corrected chi connectivity index (χ0v) is 10.1. The Labute approximate surface area is 99.6 Å². The van der Waals surface area contributed by atoms with Gasteiger partial charge in [-0.25, -0.2) is 0 Å². The first-order chi connectivity index (χ1) is 8.26. The number of aromatic nitrogens is 2. The first-order valence-corrected chi connectivity index (χ1v) is 5.77. The fourth-order valence-electron chi connectivity index (χ4n) is 1.93. The molecule has 17 heavy (non-hydrogen) atoms. The third kappa shape index (κ3) is 2.38. The van der Waals surface area contributed by atoms with E-state index in [4.69, 9.17) is 4.42 Å². The lowest BCUT2D eigenvalue weighted by Gasteiger charge is -2.32. The highest BCUT2D eigenvalue weighted by Crippen LogP contribution is 2.18. The van der Waals surface area contributed by atoms with Crippen LogP contribution in [0.3, 0.4) is 0 Å². The molecule has 0 saturated carbocycles. The zero-order chi connectivity index (χ0) is 12.3. The lowest BCUT2D eigenvalue weighted by molar-refractivity contribution is -0.123. The number of rotatable bonds is 4. The zero-order valence-electron chi connectivity index (χ0n) is 10.1. The summed E-state index contributed by atoms with van der Waals surface area (Å²) in [5, 5.41) is 13.7. The molecule has 1 unspecified atom stereocenters. The maximum Gasteiger partial charge on any atom is 0.318 e. The molecular weight excluding hydrogens is 222 g/mol. The Balaban J connectivity index is 2.15. The monoisotopic (exact) mass is 239 g/mol. The molecule has 1 aliphatic heterocycles. The van der Waals surface area contributed by atoms with Crippen molar-refractivity contribution < 1.29 is 9.21 Å². The van der Waals surface area contributed by atoms with Crippen LogP contribution in [0.2, 0.25) is 0 Å². The Bertz CT molecular complexity index is 392. The molecular formula is C10H17N5O2. The van der Waals surface area contributed by atoms with E-state index in [0.717, 1.165) is 6.42 Å². The molecule has 2 N–H and O–H groups in total. The van der Waals surface area contributed by atoms with Crippen molar-refractivity contribution >= 4 is 11.9 Å². The Morgan fingerprint density at radius 3 is 3.12 bits per heavy atom. The fraction of sp³-hybridized carbons (Fsp3) is 0.700. The van der Waals surface area contributed by atoms with Crippen LogP contribution in [0.25, 0.3) is 0 Å². The van der Waals surface area contributed by atoms with Crippen LogP contribution in [0, 0.1) is 0 Å². The lowest BCUT2D eigenvalue weighted by atomic mass is 10.1. The van der Waals surface area contributed by atoms with Crippen LogP contribution in [0.5, 0.6) is 0 Å². The van der Waals surface area contributed by atoms with Gasteiger partial charge in [0.25, 0.3) is 0 Å². The van der Waals surface area contributed by atoms with E-state index in [-0.39, 0.29) is 11.9 Å². The van der Waals surface area contributed by atoms with Gasteiger partial charge >= 0.3 is 6.01 Å². The fourth-order valence-corrected chi connectivity index (χ4v) is 1.93. The van der Waals surface area contributed by atoms with Gasteiger partial charge in [-0.1, -0.05) is 12.0 Å². The minimum atomic E-state index is -0.216. The third-order valence-electron chi connectivity index (χ3n) is 2.75. The SMILES string of the molecule is CCC1C(=O)NCCN1c1nnc(CNC)o1. The number of anilines is 1. The maximum absolute atomic E-state index is 11.7. The number of hydrogen-bond acceptors (Lipinski definition) is 6. The number of carbonyl (C=O) groups excluding carboxylic acids is 1. The van der Waals surface area contributed by atoms with Gasteiger partial charge in [0, 0.05) is 13.1 Å². The van der Waals surface area contributed by atoms with Crippen LogP contribution in [-0.2, 0) is 11.3 Å². The van der Waals surface area contributed by atoms with Crippen molar-refractivity contribution in [2.75, 3.05) is 25.0 Å². The molecule has 0 bridgehead atoms. The molecule has 0 aliphatic carbocycles. The molecule has 94 valence electrons. The topological polar surface area (TPSA) is 83.3 Å². The van der Waals surface area contributed by atoms with Gasteiger partial charge in [0.1, 0.15) is 6.04 Å². The number of carbonyl (C=O) groups is 1. The van der Waals surface area contributed by atoms with Crippen LogP contribution in [-0.4, -0.2) is 42.3 Å². The van der Waals surface area contributed by atoms with Gasteiger partial charge in [0.05, 0.1) is 6.54 Å². The van der Waals surface area contributed by atoms with Crippen LogP contribution in [0.15, 0.2) is 4.42 Å². The molecule has 0 radical (unpaired) electrons. The van der Waals surface area contributed by atoms with E-state index < -0.39 is 0 Å². The second kappa shape index (κ2) is 5.13. The second-order valence-electron chi connectivity index (χ2n) is 3.92. The molecule has 2 rings (SSSR count). The van der Waals surface area contributed by atoms with Crippen molar-refractivity contribution in [1.29, 1.82) is 0 Å². The van der Waals surface area contributed by atoms with Crippen molar-refractivity contribution in [2.45, 2.75) is 25.9 Å². The Morgan fingerprint density at radius 1 is 1.59 bits per heavy atom. The third-order valence-corrected chi connectivity index (χ3v) is 2.75. The van der Waals surface area contributed by atoms with E-state index in [2.05, 4.69) is 20.8 Å². The van der Waals surface area contributed by atoms with Gasteiger partial charge in [-0.2, -0.15) is 0 Å². The van der Waals surface area contributed by atoms with Crippen molar-refractivity contribution in [1.82, 2.24) is 20.8 Å². The number of nitrogens with zero attached hydrogens (tertiary/aromatic N) is 3. The highest BCUT2D eigenvalue weighted by molar-refractivity contribution is 5.85. The van der Waals surface area contributed by atoms with E-state index in [0.29, 0.717) is 31.5 Å². The summed E-state index contributed by atoms with van der Waals surface area (Å²) in [6.07, 6.45) is 0.718. The van der Waals surface area contributed by atoms with Crippen LogP contribution in [0.1, 0.15) is 19.2 Å². The van der Waals surface area contributed by atoms with E-state index in [1.165, 1.54) is 0 Å². The summed E-state index contributed by atoms with van der Waals surface area (Å²) >= 11 is 0. The molecule has 1 aromatic rings. The van der Waals surface area contributed by atoms with Crippen molar-refractivity contribution in [3.8, 4) is 0 Å².